The van der Waals surface area contributed by atoms with Gasteiger partial charge in [0.2, 0.25) is 0 Å². The summed E-state index contributed by atoms with van der Waals surface area (Å²) in [6, 6.07) is 8.21. The van der Waals surface area contributed by atoms with Crippen molar-refractivity contribution < 1.29 is 4.92 Å². The molecule has 0 bridgehead atoms. The molecule has 0 amide bonds. The van der Waals surface area contributed by atoms with Crippen LogP contribution in [0.25, 0.3) is 11.2 Å². The van der Waals surface area contributed by atoms with E-state index in [-0.39, 0.29) is 5.69 Å². The Bertz CT molecular complexity index is 831. The van der Waals surface area contributed by atoms with E-state index in [2.05, 4.69) is 15.0 Å². The zero-order valence-electron chi connectivity index (χ0n) is 12.4. The van der Waals surface area contributed by atoms with Gasteiger partial charge in [-0.1, -0.05) is 11.6 Å². The molecule has 8 heteroatoms. The molecule has 0 fully saturated rings. The smallest absolute Gasteiger partial charge is 0.269 e. The predicted molar refractivity (Wildman–Crippen MR) is 87.2 cm³/mol. The average Bonchev–Trinajstić information content (AvgIpc) is 2.91. The standard InChI is InChI=1S/C15H14ClN5O2/c1-20(8-10-7-11(21(22)23)4-5-12(10)16)9-14-18-13-3-2-6-17-15(13)19-14/h2-7H,8-9H2,1H3,(H,17,18,19). The molecular formula is C15H14ClN5O2. The Kier molecular flexibility index (Phi) is 4.22. The number of hydrogen-bond acceptors (Lipinski definition) is 5. The van der Waals surface area contributed by atoms with Crippen LogP contribution in [0, 0.1) is 10.1 Å². The minimum Gasteiger partial charge on any atom is -0.340 e. The highest BCUT2D eigenvalue weighted by Crippen LogP contribution is 2.23. The van der Waals surface area contributed by atoms with Crippen molar-refractivity contribution in [2.24, 2.45) is 0 Å². The largest absolute Gasteiger partial charge is 0.340 e. The van der Waals surface area contributed by atoms with E-state index in [9.17, 15) is 10.1 Å². The zero-order valence-corrected chi connectivity index (χ0v) is 13.1. The molecular weight excluding hydrogens is 318 g/mol. The topological polar surface area (TPSA) is 88.0 Å². The lowest BCUT2D eigenvalue weighted by Crippen LogP contribution is -2.18. The Morgan fingerprint density at radius 3 is 2.91 bits per heavy atom. The van der Waals surface area contributed by atoms with Gasteiger partial charge in [0.1, 0.15) is 5.82 Å². The number of hydrogen-bond donors (Lipinski definition) is 1. The predicted octanol–water partition coefficient (Wildman–Crippen LogP) is 3.15. The van der Waals surface area contributed by atoms with Crippen LogP contribution in [0.15, 0.2) is 36.5 Å². The monoisotopic (exact) mass is 331 g/mol. The first kappa shape index (κ1) is 15.4. The molecule has 118 valence electrons. The molecule has 0 saturated heterocycles. The van der Waals surface area contributed by atoms with Crippen molar-refractivity contribution in [2.75, 3.05) is 7.05 Å². The highest BCUT2D eigenvalue weighted by molar-refractivity contribution is 6.31. The normalized spacial score (nSPS) is 11.3. The molecule has 1 N–H and O–H groups in total. The van der Waals surface area contributed by atoms with Gasteiger partial charge in [0, 0.05) is 29.9 Å². The lowest BCUT2D eigenvalue weighted by Gasteiger charge is -2.15. The van der Waals surface area contributed by atoms with Crippen molar-refractivity contribution in [3.63, 3.8) is 0 Å². The van der Waals surface area contributed by atoms with Crippen molar-refractivity contribution in [1.29, 1.82) is 0 Å². The number of non-ortho nitro benzene ring substituents is 1. The molecule has 0 atom stereocenters. The van der Waals surface area contributed by atoms with Gasteiger partial charge < -0.3 is 4.98 Å². The Morgan fingerprint density at radius 2 is 2.17 bits per heavy atom. The van der Waals surface area contributed by atoms with Crippen LogP contribution in [0.4, 0.5) is 5.69 Å². The van der Waals surface area contributed by atoms with Crippen LogP contribution in [0.1, 0.15) is 11.4 Å². The van der Waals surface area contributed by atoms with Gasteiger partial charge in [-0.25, -0.2) is 9.97 Å². The second-order valence-corrected chi connectivity index (χ2v) is 5.67. The first-order valence-electron chi connectivity index (χ1n) is 6.94. The molecule has 0 radical (unpaired) electrons. The summed E-state index contributed by atoms with van der Waals surface area (Å²) >= 11 is 6.13. The molecule has 0 aliphatic carbocycles. The lowest BCUT2D eigenvalue weighted by molar-refractivity contribution is -0.384. The van der Waals surface area contributed by atoms with Gasteiger partial charge in [-0.2, -0.15) is 0 Å². The molecule has 3 aromatic rings. The molecule has 0 unspecified atom stereocenters. The maximum absolute atomic E-state index is 10.9. The first-order valence-corrected chi connectivity index (χ1v) is 7.31. The van der Waals surface area contributed by atoms with Crippen molar-refractivity contribution in [3.05, 3.63) is 63.1 Å². The highest BCUT2D eigenvalue weighted by atomic mass is 35.5. The number of aromatic amines is 1. The number of nitro benzene ring substituents is 1. The molecule has 7 nitrogen and oxygen atoms in total. The van der Waals surface area contributed by atoms with Gasteiger partial charge in [-0.05, 0) is 30.8 Å². The number of nitro groups is 1. The molecule has 2 aromatic heterocycles. The molecule has 0 aliphatic rings. The van der Waals surface area contributed by atoms with E-state index in [1.807, 2.05) is 24.1 Å². The summed E-state index contributed by atoms with van der Waals surface area (Å²) in [7, 11) is 1.90. The molecule has 0 spiro atoms. The summed E-state index contributed by atoms with van der Waals surface area (Å²) in [6.45, 7) is 1.03. The van der Waals surface area contributed by atoms with Crippen LogP contribution in [0.3, 0.4) is 0 Å². The van der Waals surface area contributed by atoms with E-state index < -0.39 is 4.92 Å². The van der Waals surface area contributed by atoms with E-state index in [0.29, 0.717) is 29.3 Å². The molecule has 3 rings (SSSR count). The number of rotatable bonds is 5. The molecule has 0 saturated carbocycles. The third kappa shape index (κ3) is 3.46. The van der Waals surface area contributed by atoms with Crippen LogP contribution in [-0.4, -0.2) is 31.8 Å². The van der Waals surface area contributed by atoms with Crippen molar-refractivity contribution >= 4 is 28.5 Å². The maximum Gasteiger partial charge on any atom is 0.269 e. The Labute approximate surface area is 137 Å². The average molecular weight is 332 g/mol. The molecule has 2 heterocycles. The third-order valence-corrected chi connectivity index (χ3v) is 3.78. The molecule has 0 aliphatic heterocycles. The van der Waals surface area contributed by atoms with Crippen LogP contribution in [-0.2, 0) is 13.1 Å². The van der Waals surface area contributed by atoms with Crippen molar-refractivity contribution in [1.82, 2.24) is 19.9 Å². The van der Waals surface area contributed by atoms with E-state index in [0.717, 1.165) is 11.3 Å². The van der Waals surface area contributed by atoms with Crippen LogP contribution in [0.2, 0.25) is 5.02 Å². The van der Waals surface area contributed by atoms with E-state index in [1.54, 1.807) is 12.3 Å². The fourth-order valence-corrected chi connectivity index (χ4v) is 2.55. The first-order chi connectivity index (χ1) is 11.0. The number of pyridine rings is 1. The number of imidazole rings is 1. The van der Waals surface area contributed by atoms with Gasteiger partial charge in [0.25, 0.3) is 5.69 Å². The van der Waals surface area contributed by atoms with Crippen molar-refractivity contribution in [2.45, 2.75) is 13.1 Å². The van der Waals surface area contributed by atoms with Gasteiger partial charge in [0.05, 0.1) is 17.0 Å². The SMILES string of the molecule is CN(Cc1nc2ncccc2[nH]1)Cc1cc([N+](=O)[O-])ccc1Cl. The number of aromatic nitrogens is 3. The van der Waals surface area contributed by atoms with Gasteiger partial charge in [-0.15, -0.1) is 0 Å². The van der Waals surface area contributed by atoms with Crippen LogP contribution < -0.4 is 0 Å². The van der Waals surface area contributed by atoms with Gasteiger partial charge >= 0.3 is 0 Å². The fourth-order valence-electron chi connectivity index (χ4n) is 2.37. The fraction of sp³-hybridized carbons (Fsp3) is 0.200. The van der Waals surface area contributed by atoms with E-state index in [4.69, 9.17) is 11.6 Å². The highest BCUT2D eigenvalue weighted by Gasteiger charge is 2.13. The quantitative estimate of drug-likeness (QED) is 0.573. The summed E-state index contributed by atoms with van der Waals surface area (Å²) in [6.07, 6.45) is 1.69. The number of benzene rings is 1. The lowest BCUT2D eigenvalue weighted by atomic mass is 10.2. The van der Waals surface area contributed by atoms with Gasteiger partial charge in [-0.3, -0.25) is 15.0 Å². The summed E-state index contributed by atoms with van der Waals surface area (Å²) in [4.78, 5) is 24.2. The summed E-state index contributed by atoms with van der Waals surface area (Å²) in [5.74, 6) is 0.780. The number of nitrogens with zero attached hydrogens (tertiary/aromatic N) is 4. The van der Waals surface area contributed by atoms with E-state index in [1.165, 1.54) is 12.1 Å². The molecule has 1 aromatic carbocycles. The summed E-state index contributed by atoms with van der Waals surface area (Å²) in [5.41, 5.74) is 2.29. The zero-order chi connectivity index (χ0) is 16.4. The number of fused-ring (bicyclic) bond motifs is 1. The number of halogens is 1. The Hall–Kier alpha value is -2.51. The van der Waals surface area contributed by atoms with Crippen LogP contribution >= 0.6 is 11.6 Å². The third-order valence-electron chi connectivity index (χ3n) is 3.41. The van der Waals surface area contributed by atoms with Crippen LogP contribution in [0.5, 0.6) is 0 Å². The number of H-pyrrole nitrogens is 1. The summed E-state index contributed by atoms with van der Waals surface area (Å²) in [5, 5.41) is 11.4. The minimum atomic E-state index is -0.426. The van der Waals surface area contributed by atoms with E-state index >= 15 is 0 Å². The molecule has 23 heavy (non-hydrogen) atoms. The van der Waals surface area contributed by atoms with Crippen molar-refractivity contribution in [3.8, 4) is 0 Å². The maximum atomic E-state index is 10.9. The Morgan fingerprint density at radius 1 is 1.35 bits per heavy atom. The second kappa shape index (κ2) is 6.31. The minimum absolute atomic E-state index is 0.0331. The summed E-state index contributed by atoms with van der Waals surface area (Å²) < 4.78 is 0. The second-order valence-electron chi connectivity index (χ2n) is 5.26. The van der Waals surface area contributed by atoms with Gasteiger partial charge in [0.15, 0.2) is 5.65 Å². The Balaban J connectivity index is 1.75. The number of nitrogens with one attached hydrogen (secondary N) is 1.